The normalized spacial score (nSPS) is 12.4. The Morgan fingerprint density at radius 3 is 2.11 bits per heavy atom. The van der Waals surface area contributed by atoms with Crippen LogP contribution < -0.4 is 0 Å². The fourth-order valence-electron chi connectivity index (χ4n) is 3.91. The van der Waals surface area contributed by atoms with E-state index in [9.17, 15) is 0 Å². The highest BCUT2D eigenvalue weighted by molar-refractivity contribution is 5.23. The van der Waals surface area contributed by atoms with Gasteiger partial charge in [-0.1, -0.05) is 101 Å². The van der Waals surface area contributed by atoms with E-state index < -0.39 is 0 Å². The molecule has 0 radical (unpaired) electrons. The molecule has 1 atom stereocenters. The lowest BCUT2D eigenvalue weighted by atomic mass is 9.94. The summed E-state index contributed by atoms with van der Waals surface area (Å²) in [6.07, 6.45) is 9.24. The smallest absolute Gasteiger partial charge is 0.0237 e. The predicted octanol–water partition coefficient (Wildman–Crippen LogP) is 7.25. The van der Waals surface area contributed by atoms with Crippen LogP contribution in [0, 0.1) is 5.92 Å². The van der Waals surface area contributed by atoms with E-state index in [-0.39, 0.29) is 0 Å². The van der Waals surface area contributed by atoms with E-state index in [1.165, 1.54) is 61.8 Å². The minimum Gasteiger partial charge on any atom is -0.295 e. The van der Waals surface area contributed by atoms with Crippen LogP contribution in [0.25, 0.3) is 0 Å². The zero-order valence-electron chi connectivity index (χ0n) is 17.8. The van der Waals surface area contributed by atoms with E-state index in [1.54, 1.807) is 0 Å². The fraction of sp³-hybridized carbons (Fsp3) is 0.538. The second kappa shape index (κ2) is 12.7. The maximum atomic E-state index is 2.64. The first-order valence-corrected chi connectivity index (χ1v) is 11.1. The Hall–Kier alpha value is -1.60. The average Bonchev–Trinajstić information content (AvgIpc) is 2.71. The largest absolute Gasteiger partial charge is 0.295 e. The van der Waals surface area contributed by atoms with Crippen LogP contribution in [0.5, 0.6) is 0 Å². The fourth-order valence-corrected chi connectivity index (χ4v) is 3.91. The molecule has 148 valence electrons. The number of aryl methyl sites for hydroxylation is 1. The number of rotatable bonds is 13. The number of nitrogens with zero attached hydrogens (tertiary/aromatic N) is 1. The van der Waals surface area contributed by atoms with Crippen molar-refractivity contribution in [1.82, 2.24) is 4.90 Å². The summed E-state index contributed by atoms with van der Waals surface area (Å²) in [7, 11) is 0. The first-order valence-electron chi connectivity index (χ1n) is 11.1. The van der Waals surface area contributed by atoms with Gasteiger partial charge >= 0.3 is 0 Å². The first-order chi connectivity index (χ1) is 13.2. The maximum Gasteiger partial charge on any atom is 0.0237 e. The van der Waals surface area contributed by atoms with Crippen molar-refractivity contribution in [2.45, 2.75) is 78.8 Å². The van der Waals surface area contributed by atoms with Gasteiger partial charge in [0.1, 0.15) is 0 Å². The lowest BCUT2D eigenvalue weighted by molar-refractivity contribution is 0.241. The van der Waals surface area contributed by atoms with Crippen molar-refractivity contribution in [1.29, 1.82) is 0 Å². The Morgan fingerprint density at radius 2 is 1.41 bits per heavy atom. The molecule has 0 aliphatic heterocycles. The third-order valence-corrected chi connectivity index (χ3v) is 5.68. The second-order valence-electron chi connectivity index (χ2n) is 7.93. The number of hydrogen-bond donors (Lipinski definition) is 0. The third-order valence-electron chi connectivity index (χ3n) is 5.68. The van der Waals surface area contributed by atoms with Crippen LogP contribution in [-0.4, -0.2) is 11.4 Å². The summed E-state index contributed by atoms with van der Waals surface area (Å²) in [6.45, 7) is 10.2. The summed E-state index contributed by atoms with van der Waals surface area (Å²) in [4.78, 5) is 2.64. The van der Waals surface area contributed by atoms with Gasteiger partial charge in [-0.15, -0.1) is 0 Å². The van der Waals surface area contributed by atoms with E-state index in [0.29, 0.717) is 0 Å². The number of benzene rings is 2. The Morgan fingerprint density at radius 1 is 0.741 bits per heavy atom. The van der Waals surface area contributed by atoms with Crippen molar-refractivity contribution < 1.29 is 0 Å². The van der Waals surface area contributed by atoms with Gasteiger partial charge in [-0.05, 0) is 48.4 Å². The summed E-state index contributed by atoms with van der Waals surface area (Å²) in [5.74, 6) is 0.909. The Balaban J connectivity index is 1.96. The zero-order chi connectivity index (χ0) is 19.3. The van der Waals surface area contributed by atoms with Crippen LogP contribution in [0.1, 0.15) is 76.0 Å². The summed E-state index contributed by atoms with van der Waals surface area (Å²) in [5, 5.41) is 0. The van der Waals surface area contributed by atoms with Crippen molar-refractivity contribution in [3.05, 3.63) is 71.3 Å². The molecule has 2 rings (SSSR count). The van der Waals surface area contributed by atoms with Crippen molar-refractivity contribution in [3.63, 3.8) is 0 Å². The highest BCUT2D eigenvalue weighted by atomic mass is 15.1. The molecular formula is C26H39N. The SMILES string of the molecule is CCCCC(CC)CCCN(Cc1ccccc1)Cc1cccc(CC)c1. The van der Waals surface area contributed by atoms with Gasteiger partial charge in [-0.25, -0.2) is 0 Å². The van der Waals surface area contributed by atoms with Gasteiger partial charge in [0, 0.05) is 13.1 Å². The van der Waals surface area contributed by atoms with E-state index in [2.05, 4.69) is 80.3 Å². The van der Waals surface area contributed by atoms with E-state index >= 15 is 0 Å². The maximum absolute atomic E-state index is 2.64. The molecule has 27 heavy (non-hydrogen) atoms. The van der Waals surface area contributed by atoms with Gasteiger partial charge < -0.3 is 0 Å². The molecule has 2 aromatic rings. The van der Waals surface area contributed by atoms with Crippen molar-refractivity contribution >= 4 is 0 Å². The van der Waals surface area contributed by atoms with Gasteiger partial charge in [-0.3, -0.25) is 4.90 Å². The van der Waals surface area contributed by atoms with Crippen LogP contribution in [0.3, 0.4) is 0 Å². The predicted molar refractivity (Wildman–Crippen MR) is 119 cm³/mol. The highest BCUT2D eigenvalue weighted by Crippen LogP contribution is 2.20. The van der Waals surface area contributed by atoms with Crippen LogP contribution in [0.15, 0.2) is 54.6 Å². The summed E-state index contributed by atoms with van der Waals surface area (Å²) in [6, 6.07) is 20.1. The molecule has 0 amide bonds. The third kappa shape index (κ3) is 8.30. The molecule has 1 nitrogen and oxygen atoms in total. The van der Waals surface area contributed by atoms with E-state index in [1.807, 2.05) is 0 Å². The molecule has 0 fully saturated rings. The zero-order valence-corrected chi connectivity index (χ0v) is 17.8. The molecule has 1 unspecified atom stereocenters. The monoisotopic (exact) mass is 365 g/mol. The summed E-state index contributed by atoms with van der Waals surface area (Å²) < 4.78 is 0. The molecule has 0 saturated heterocycles. The van der Waals surface area contributed by atoms with Crippen molar-refractivity contribution in [2.75, 3.05) is 6.54 Å². The lowest BCUT2D eigenvalue weighted by Gasteiger charge is -2.24. The molecule has 0 aliphatic carbocycles. The summed E-state index contributed by atoms with van der Waals surface area (Å²) >= 11 is 0. The molecule has 0 aromatic heterocycles. The van der Waals surface area contributed by atoms with Gasteiger partial charge in [0.05, 0.1) is 0 Å². The van der Waals surface area contributed by atoms with Crippen LogP contribution in [0.4, 0.5) is 0 Å². The van der Waals surface area contributed by atoms with E-state index in [4.69, 9.17) is 0 Å². The number of hydrogen-bond acceptors (Lipinski definition) is 1. The highest BCUT2D eigenvalue weighted by Gasteiger charge is 2.10. The molecule has 0 saturated carbocycles. The molecule has 0 aliphatic rings. The topological polar surface area (TPSA) is 3.24 Å². The summed E-state index contributed by atoms with van der Waals surface area (Å²) in [5.41, 5.74) is 4.31. The number of unbranched alkanes of at least 4 members (excludes halogenated alkanes) is 1. The molecule has 0 spiro atoms. The average molecular weight is 366 g/mol. The van der Waals surface area contributed by atoms with Crippen molar-refractivity contribution in [3.8, 4) is 0 Å². The Labute approximate surface area is 167 Å². The quantitative estimate of drug-likeness (QED) is 0.361. The second-order valence-corrected chi connectivity index (χ2v) is 7.93. The molecule has 0 N–H and O–H groups in total. The van der Waals surface area contributed by atoms with E-state index in [0.717, 1.165) is 25.4 Å². The molecule has 0 bridgehead atoms. The minimum absolute atomic E-state index is 0.909. The molecule has 1 heteroatoms. The van der Waals surface area contributed by atoms with Crippen LogP contribution >= 0.6 is 0 Å². The Kier molecular flexibility index (Phi) is 10.2. The van der Waals surface area contributed by atoms with Crippen LogP contribution in [-0.2, 0) is 19.5 Å². The molecular weight excluding hydrogens is 326 g/mol. The first kappa shape index (κ1) is 21.7. The van der Waals surface area contributed by atoms with Gasteiger partial charge in [0.15, 0.2) is 0 Å². The van der Waals surface area contributed by atoms with Gasteiger partial charge in [-0.2, -0.15) is 0 Å². The lowest BCUT2D eigenvalue weighted by Crippen LogP contribution is -2.24. The van der Waals surface area contributed by atoms with Gasteiger partial charge in [0.25, 0.3) is 0 Å². The van der Waals surface area contributed by atoms with Crippen LogP contribution in [0.2, 0.25) is 0 Å². The Bertz CT molecular complexity index is 619. The molecule has 2 aromatic carbocycles. The molecule has 0 heterocycles. The van der Waals surface area contributed by atoms with Gasteiger partial charge in [0.2, 0.25) is 0 Å². The standard InChI is InChI=1S/C26H39N/c1-4-7-13-23(5-2)18-12-19-27(21-25-14-9-8-10-15-25)22-26-17-11-16-24(6-3)20-26/h8-11,14-17,20,23H,4-7,12-13,18-19,21-22H2,1-3H3. The minimum atomic E-state index is 0.909. The van der Waals surface area contributed by atoms with Crippen molar-refractivity contribution in [2.24, 2.45) is 5.92 Å².